The van der Waals surface area contributed by atoms with Gasteiger partial charge in [-0.1, -0.05) is 32.0 Å². The molecule has 5 nitrogen and oxygen atoms in total. The number of anilines is 1. The van der Waals surface area contributed by atoms with Crippen LogP contribution in [-0.4, -0.2) is 26.7 Å². The summed E-state index contributed by atoms with van der Waals surface area (Å²) in [4.78, 5) is 12.5. The van der Waals surface area contributed by atoms with Crippen LogP contribution >= 0.6 is 0 Å². The highest BCUT2D eigenvalue weighted by atomic mass is 16.5. The Balaban J connectivity index is 2.16. The summed E-state index contributed by atoms with van der Waals surface area (Å²) < 4.78 is 16.4. The molecule has 140 valence electrons. The van der Waals surface area contributed by atoms with E-state index in [1.54, 1.807) is 14.2 Å². The molecule has 0 atom stereocenters. The number of carbonyl (C=O) groups excluding carboxylic acids is 1. The van der Waals surface area contributed by atoms with Crippen LogP contribution in [0.15, 0.2) is 30.3 Å². The van der Waals surface area contributed by atoms with Crippen molar-refractivity contribution >= 4 is 11.6 Å². The maximum Gasteiger partial charge on any atom is 0.262 e. The van der Waals surface area contributed by atoms with Crippen molar-refractivity contribution in [3.8, 4) is 17.2 Å². The highest BCUT2D eigenvalue weighted by Crippen LogP contribution is 2.38. The lowest BCUT2D eigenvalue weighted by molar-refractivity contribution is -0.118. The fourth-order valence-electron chi connectivity index (χ4n) is 2.87. The van der Waals surface area contributed by atoms with Crippen molar-refractivity contribution in [2.45, 2.75) is 33.6 Å². The molecule has 2 aromatic rings. The summed E-state index contributed by atoms with van der Waals surface area (Å²) >= 11 is 0. The summed E-state index contributed by atoms with van der Waals surface area (Å²) in [6.45, 7) is 5.96. The number of nitrogens with one attached hydrogen (secondary N) is 1. The summed E-state index contributed by atoms with van der Waals surface area (Å²) in [5.74, 6) is 1.29. The van der Waals surface area contributed by atoms with Crippen LogP contribution < -0.4 is 19.5 Å². The number of carbonyl (C=O) groups is 1. The van der Waals surface area contributed by atoms with E-state index in [9.17, 15) is 4.79 Å². The molecule has 0 aliphatic carbocycles. The van der Waals surface area contributed by atoms with E-state index in [0.717, 1.165) is 35.2 Å². The molecule has 0 saturated carbocycles. The van der Waals surface area contributed by atoms with Crippen molar-refractivity contribution in [3.05, 3.63) is 47.0 Å². The van der Waals surface area contributed by atoms with E-state index in [1.165, 1.54) is 0 Å². The second-order valence-electron chi connectivity index (χ2n) is 5.99. The molecule has 0 aliphatic rings. The SMILES string of the molecule is CCc1cccc(CC)c1NC(=O)COc1c(OC)cc(C)cc1OC. The second-order valence-corrected chi connectivity index (χ2v) is 5.99. The standard InChI is InChI=1S/C21H27NO4/c1-6-15-9-8-10-16(7-2)20(15)22-19(23)13-26-21-17(24-4)11-14(3)12-18(21)25-5/h8-12H,6-7,13H2,1-5H3,(H,22,23). The third-order valence-electron chi connectivity index (χ3n) is 4.22. The molecule has 0 aromatic heterocycles. The Hall–Kier alpha value is -2.69. The molecule has 0 saturated heterocycles. The van der Waals surface area contributed by atoms with Crippen LogP contribution in [-0.2, 0) is 17.6 Å². The van der Waals surface area contributed by atoms with E-state index in [2.05, 4.69) is 19.2 Å². The Morgan fingerprint density at radius 3 is 2.00 bits per heavy atom. The third kappa shape index (κ3) is 4.48. The van der Waals surface area contributed by atoms with Gasteiger partial charge in [0.1, 0.15) is 0 Å². The minimum absolute atomic E-state index is 0.128. The van der Waals surface area contributed by atoms with E-state index >= 15 is 0 Å². The van der Waals surface area contributed by atoms with Gasteiger partial charge in [0.05, 0.1) is 14.2 Å². The molecule has 1 N–H and O–H groups in total. The monoisotopic (exact) mass is 357 g/mol. The van der Waals surface area contributed by atoms with Gasteiger partial charge in [0, 0.05) is 5.69 Å². The predicted molar refractivity (Wildman–Crippen MR) is 104 cm³/mol. The number of para-hydroxylation sites is 1. The fraction of sp³-hybridized carbons (Fsp3) is 0.381. The largest absolute Gasteiger partial charge is 0.493 e. The lowest BCUT2D eigenvalue weighted by Crippen LogP contribution is -2.22. The van der Waals surface area contributed by atoms with Crippen LogP contribution in [0.4, 0.5) is 5.69 Å². The van der Waals surface area contributed by atoms with Gasteiger partial charge < -0.3 is 19.5 Å². The molecule has 0 bridgehead atoms. The Labute approximate surface area is 155 Å². The van der Waals surface area contributed by atoms with Gasteiger partial charge in [0.2, 0.25) is 5.75 Å². The van der Waals surface area contributed by atoms with Gasteiger partial charge in [-0.25, -0.2) is 0 Å². The molecular weight excluding hydrogens is 330 g/mol. The molecule has 2 aromatic carbocycles. The van der Waals surface area contributed by atoms with Gasteiger partial charge in [0.15, 0.2) is 18.1 Å². The molecule has 2 rings (SSSR count). The average molecular weight is 357 g/mol. The van der Waals surface area contributed by atoms with Crippen LogP contribution in [0, 0.1) is 6.92 Å². The van der Waals surface area contributed by atoms with Crippen molar-refractivity contribution in [2.24, 2.45) is 0 Å². The molecule has 0 unspecified atom stereocenters. The van der Waals surface area contributed by atoms with Gasteiger partial charge >= 0.3 is 0 Å². The second kappa shape index (κ2) is 9.13. The van der Waals surface area contributed by atoms with Crippen LogP contribution in [0.2, 0.25) is 0 Å². The minimum atomic E-state index is -0.217. The minimum Gasteiger partial charge on any atom is -0.493 e. The van der Waals surface area contributed by atoms with E-state index in [1.807, 2.05) is 37.3 Å². The maximum absolute atomic E-state index is 12.5. The Kier molecular flexibility index (Phi) is 6.89. The lowest BCUT2D eigenvalue weighted by Gasteiger charge is -2.17. The fourth-order valence-corrected chi connectivity index (χ4v) is 2.87. The molecule has 0 heterocycles. The van der Waals surface area contributed by atoms with Gasteiger partial charge in [-0.15, -0.1) is 0 Å². The highest BCUT2D eigenvalue weighted by Gasteiger charge is 2.16. The molecule has 1 amide bonds. The number of benzene rings is 2. The first-order valence-corrected chi connectivity index (χ1v) is 8.80. The summed E-state index contributed by atoms with van der Waals surface area (Å²) in [5.41, 5.74) is 4.10. The highest BCUT2D eigenvalue weighted by molar-refractivity contribution is 5.93. The van der Waals surface area contributed by atoms with Crippen molar-refractivity contribution < 1.29 is 19.0 Å². The number of hydrogen-bond donors (Lipinski definition) is 1. The topological polar surface area (TPSA) is 56.8 Å². The van der Waals surface area contributed by atoms with Crippen molar-refractivity contribution in [1.82, 2.24) is 0 Å². The Morgan fingerprint density at radius 2 is 1.54 bits per heavy atom. The first-order valence-electron chi connectivity index (χ1n) is 8.80. The van der Waals surface area contributed by atoms with Crippen molar-refractivity contribution in [3.63, 3.8) is 0 Å². The zero-order valence-corrected chi connectivity index (χ0v) is 16.1. The van der Waals surface area contributed by atoms with Crippen LogP contribution in [0.25, 0.3) is 0 Å². The lowest BCUT2D eigenvalue weighted by atomic mass is 10.0. The predicted octanol–water partition coefficient (Wildman–Crippen LogP) is 4.15. The van der Waals surface area contributed by atoms with Gasteiger partial charge in [-0.2, -0.15) is 0 Å². The van der Waals surface area contributed by atoms with Crippen LogP contribution in [0.3, 0.4) is 0 Å². The van der Waals surface area contributed by atoms with Crippen LogP contribution in [0.5, 0.6) is 17.2 Å². The number of aryl methyl sites for hydroxylation is 3. The number of hydrogen-bond acceptors (Lipinski definition) is 4. The Morgan fingerprint density at radius 1 is 1.00 bits per heavy atom. The van der Waals surface area contributed by atoms with Crippen LogP contribution in [0.1, 0.15) is 30.5 Å². The number of amides is 1. The van der Waals surface area contributed by atoms with Crippen molar-refractivity contribution in [2.75, 3.05) is 26.1 Å². The van der Waals surface area contributed by atoms with E-state index in [0.29, 0.717) is 17.2 Å². The maximum atomic E-state index is 12.5. The first-order chi connectivity index (χ1) is 12.5. The molecule has 5 heteroatoms. The molecule has 0 aliphatic heterocycles. The van der Waals surface area contributed by atoms with Crippen molar-refractivity contribution in [1.29, 1.82) is 0 Å². The molecule has 26 heavy (non-hydrogen) atoms. The summed E-state index contributed by atoms with van der Waals surface area (Å²) in [6.07, 6.45) is 1.70. The smallest absolute Gasteiger partial charge is 0.262 e. The number of rotatable bonds is 8. The average Bonchev–Trinajstić information content (AvgIpc) is 2.66. The van der Waals surface area contributed by atoms with Gasteiger partial charge in [0.25, 0.3) is 5.91 Å². The third-order valence-corrected chi connectivity index (χ3v) is 4.22. The zero-order valence-electron chi connectivity index (χ0n) is 16.1. The summed E-state index contributed by atoms with van der Waals surface area (Å²) in [6, 6.07) is 9.77. The number of ether oxygens (including phenoxy) is 3. The zero-order chi connectivity index (χ0) is 19.1. The van der Waals surface area contributed by atoms with E-state index in [4.69, 9.17) is 14.2 Å². The quantitative estimate of drug-likeness (QED) is 0.771. The van der Waals surface area contributed by atoms with Gasteiger partial charge in [-0.05, 0) is 48.6 Å². The normalized spacial score (nSPS) is 10.3. The summed E-state index contributed by atoms with van der Waals surface area (Å²) in [7, 11) is 3.12. The first kappa shape index (κ1) is 19.6. The van der Waals surface area contributed by atoms with E-state index < -0.39 is 0 Å². The molecule has 0 radical (unpaired) electrons. The number of methoxy groups -OCH3 is 2. The molecular formula is C21H27NO4. The Bertz CT molecular complexity index is 723. The van der Waals surface area contributed by atoms with E-state index in [-0.39, 0.29) is 12.5 Å². The molecule has 0 fully saturated rings. The van der Waals surface area contributed by atoms with Gasteiger partial charge in [-0.3, -0.25) is 4.79 Å². The molecule has 0 spiro atoms. The summed E-state index contributed by atoms with van der Waals surface area (Å²) in [5, 5.41) is 2.99.